The van der Waals surface area contributed by atoms with Gasteiger partial charge in [-0.25, -0.2) is 0 Å². The molecule has 0 saturated carbocycles. The molecular formula is C7H11N. The summed E-state index contributed by atoms with van der Waals surface area (Å²) in [6, 6.07) is 0. The molecule has 44 valence electrons. The van der Waals surface area contributed by atoms with Crippen molar-refractivity contribution in [1.29, 1.82) is 0 Å². The average molecular weight is 109 g/mol. The first-order valence-electron chi connectivity index (χ1n) is 2.90. The molecule has 1 heteroatoms. The molecule has 0 saturated heterocycles. The molecule has 0 aromatic heterocycles. The van der Waals surface area contributed by atoms with Crippen molar-refractivity contribution < 1.29 is 0 Å². The van der Waals surface area contributed by atoms with E-state index in [9.17, 15) is 0 Å². The SMILES string of the molecule is C/C=C1\CNC=C1C. The molecule has 1 aliphatic rings. The smallest absolute Gasteiger partial charge is 0.0395 e. The normalized spacial score (nSPS) is 23.2. The molecule has 0 fully saturated rings. The summed E-state index contributed by atoms with van der Waals surface area (Å²) in [5.41, 5.74) is 2.79. The van der Waals surface area contributed by atoms with Crippen molar-refractivity contribution in [2.24, 2.45) is 0 Å². The highest BCUT2D eigenvalue weighted by atomic mass is 14.9. The largest absolute Gasteiger partial charge is 0.387 e. The molecule has 1 aliphatic heterocycles. The van der Waals surface area contributed by atoms with Crippen molar-refractivity contribution in [3.8, 4) is 0 Å². The minimum absolute atomic E-state index is 1.02. The zero-order chi connectivity index (χ0) is 5.98. The number of hydrogen-bond acceptors (Lipinski definition) is 1. The second kappa shape index (κ2) is 2.03. The first-order valence-corrected chi connectivity index (χ1v) is 2.90. The van der Waals surface area contributed by atoms with Crippen LogP contribution < -0.4 is 5.32 Å². The van der Waals surface area contributed by atoms with E-state index >= 15 is 0 Å². The van der Waals surface area contributed by atoms with Gasteiger partial charge in [-0.3, -0.25) is 0 Å². The third-order valence-electron chi connectivity index (χ3n) is 1.47. The van der Waals surface area contributed by atoms with E-state index in [1.54, 1.807) is 0 Å². The highest BCUT2D eigenvalue weighted by Gasteiger charge is 2.02. The van der Waals surface area contributed by atoms with Gasteiger partial charge >= 0.3 is 0 Å². The van der Waals surface area contributed by atoms with Crippen molar-refractivity contribution in [2.45, 2.75) is 13.8 Å². The highest BCUT2D eigenvalue weighted by Crippen LogP contribution is 2.10. The maximum Gasteiger partial charge on any atom is 0.0395 e. The Morgan fingerprint density at radius 2 is 2.50 bits per heavy atom. The van der Waals surface area contributed by atoms with Crippen molar-refractivity contribution >= 4 is 0 Å². The summed E-state index contributed by atoms with van der Waals surface area (Å²) in [6.45, 7) is 5.21. The van der Waals surface area contributed by atoms with Crippen LogP contribution in [0.3, 0.4) is 0 Å². The van der Waals surface area contributed by atoms with E-state index in [0.29, 0.717) is 0 Å². The predicted octanol–water partition coefficient (Wildman–Crippen LogP) is 1.44. The molecule has 0 atom stereocenters. The summed E-state index contributed by atoms with van der Waals surface area (Å²) >= 11 is 0. The van der Waals surface area contributed by atoms with Gasteiger partial charge in [0.2, 0.25) is 0 Å². The third kappa shape index (κ3) is 0.760. The molecule has 1 rings (SSSR count). The second-order valence-corrected chi connectivity index (χ2v) is 2.02. The Bertz CT molecular complexity index is 142. The first-order chi connectivity index (χ1) is 3.84. The summed E-state index contributed by atoms with van der Waals surface area (Å²) in [5, 5.41) is 3.14. The standard InChI is InChI=1S/C7H11N/c1-3-7-5-8-4-6(7)2/h3-4,8H,5H2,1-2H3/b7-3+. The van der Waals surface area contributed by atoms with Gasteiger partial charge in [0, 0.05) is 6.54 Å². The van der Waals surface area contributed by atoms with Gasteiger partial charge < -0.3 is 5.32 Å². The quantitative estimate of drug-likeness (QED) is 0.496. The Labute approximate surface area is 50.1 Å². The van der Waals surface area contributed by atoms with E-state index in [2.05, 4.69) is 31.4 Å². The minimum atomic E-state index is 1.02. The maximum absolute atomic E-state index is 3.14. The van der Waals surface area contributed by atoms with E-state index in [1.165, 1.54) is 11.1 Å². The Hall–Kier alpha value is -0.720. The summed E-state index contributed by atoms with van der Waals surface area (Å²) in [7, 11) is 0. The van der Waals surface area contributed by atoms with E-state index in [4.69, 9.17) is 0 Å². The lowest BCUT2D eigenvalue weighted by atomic mass is 10.1. The summed E-state index contributed by atoms with van der Waals surface area (Å²) < 4.78 is 0. The molecular weight excluding hydrogens is 98.1 g/mol. The average Bonchev–Trinajstić information content (AvgIpc) is 2.14. The van der Waals surface area contributed by atoms with E-state index in [1.807, 2.05) is 0 Å². The molecule has 0 unspecified atom stereocenters. The first kappa shape index (κ1) is 5.42. The van der Waals surface area contributed by atoms with Crippen molar-refractivity contribution in [1.82, 2.24) is 5.32 Å². The summed E-state index contributed by atoms with van der Waals surface area (Å²) in [6.07, 6.45) is 4.20. The molecule has 1 heterocycles. The molecule has 0 aromatic carbocycles. The molecule has 1 N–H and O–H groups in total. The van der Waals surface area contributed by atoms with Crippen LogP contribution in [0.25, 0.3) is 0 Å². The van der Waals surface area contributed by atoms with Gasteiger partial charge in [0.1, 0.15) is 0 Å². The van der Waals surface area contributed by atoms with Gasteiger partial charge in [-0.2, -0.15) is 0 Å². The zero-order valence-electron chi connectivity index (χ0n) is 5.36. The van der Waals surface area contributed by atoms with Crippen molar-refractivity contribution in [3.63, 3.8) is 0 Å². The fourth-order valence-corrected chi connectivity index (χ4v) is 0.876. The molecule has 0 spiro atoms. The molecule has 8 heavy (non-hydrogen) atoms. The predicted molar refractivity (Wildman–Crippen MR) is 35.5 cm³/mol. The van der Waals surface area contributed by atoms with Crippen LogP contribution in [0, 0.1) is 0 Å². The molecule has 1 nitrogen and oxygen atoms in total. The van der Waals surface area contributed by atoms with Crippen LogP contribution in [0.1, 0.15) is 13.8 Å². The van der Waals surface area contributed by atoms with Gasteiger partial charge in [-0.05, 0) is 31.2 Å². The number of hydrogen-bond donors (Lipinski definition) is 1. The zero-order valence-corrected chi connectivity index (χ0v) is 5.36. The number of nitrogens with one attached hydrogen (secondary N) is 1. The van der Waals surface area contributed by atoms with Gasteiger partial charge in [0.15, 0.2) is 0 Å². The number of allylic oxidation sites excluding steroid dienone is 1. The monoisotopic (exact) mass is 109 g/mol. The van der Waals surface area contributed by atoms with Crippen molar-refractivity contribution in [2.75, 3.05) is 6.54 Å². The Balaban J connectivity index is 2.74. The molecule has 0 radical (unpaired) electrons. The van der Waals surface area contributed by atoms with E-state index in [-0.39, 0.29) is 0 Å². The number of rotatable bonds is 0. The van der Waals surface area contributed by atoms with Crippen molar-refractivity contribution in [3.05, 3.63) is 23.4 Å². The molecule has 0 aromatic rings. The fourth-order valence-electron chi connectivity index (χ4n) is 0.876. The third-order valence-corrected chi connectivity index (χ3v) is 1.47. The second-order valence-electron chi connectivity index (χ2n) is 2.02. The van der Waals surface area contributed by atoms with E-state index < -0.39 is 0 Å². The highest BCUT2D eigenvalue weighted by molar-refractivity contribution is 5.33. The minimum Gasteiger partial charge on any atom is -0.387 e. The fraction of sp³-hybridized carbons (Fsp3) is 0.429. The Morgan fingerprint density at radius 1 is 1.75 bits per heavy atom. The van der Waals surface area contributed by atoms with Crippen LogP contribution in [0.2, 0.25) is 0 Å². The maximum atomic E-state index is 3.14. The van der Waals surface area contributed by atoms with Crippen LogP contribution in [0.5, 0.6) is 0 Å². The Kier molecular flexibility index (Phi) is 1.38. The van der Waals surface area contributed by atoms with Crippen LogP contribution in [-0.4, -0.2) is 6.54 Å². The van der Waals surface area contributed by atoms with Crippen LogP contribution in [-0.2, 0) is 0 Å². The summed E-state index contributed by atoms with van der Waals surface area (Å²) in [4.78, 5) is 0. The lowest BCUT2D eigenvalue weighted by Crippen LogP contribution is -1.99. The molecule has 0 amide bonds. The van der Waals surface area contributed by atoms with Gasteiger partial charge in [0.05, 0.1) is 0 Å². The van der Waals surface area contributed by atoms with E-state index in [0.717, 1.165) is 6.54 Å². The lowest BCUT2D eigenvalue weighted by molar-refractivity contribution is 1.00. The summed E-state index contributed by atoms with van der Waals surface area (Å²) in [5.74, 6) is 0. The topological polar surface area (TPSA) is 12.0 Å². The molecule has 0 bridgehead atoms. The van der Waals surface area contributed by atoms with Gasteiger partial charge in [-0.1, -0.05) is 6.08 Å². The van der Waals surface area contributed by atoms with Gasteiger partial charge in [-0.15, -0.1) is 0 Å². The Morgan fingerprint density at radius 3 is 2.75 bits per heavy atom. The molecule has 0 aliphatic carbocycles. The lowest BCUT2D eigenvalue weighted by Gasteiger charge is -1.92. The van der Waals surface area contributed by atoms with Crippen LogP contribution >= 0.6 is 0 Å². The van der Waals surface area contributed by atoms with Crippen LogP contribution in [0.4, 0.5) is 0 Å². The van der Waals surface area contributed by atoms with Crippen LogP contribution in [0.15, 0.2) is 23.4 Å². The van der Waals surface area contributed by atoms with Gasteiger partial charge in [0.25, 0.3) is 0 Å².